The molecule has 7 nitrogen and oxygen atoms in total. The summed E-state index contributed by atoms with van der Waals surface area (Å²) < 4.78 is 31.8. The number of urea groups is 1. The maximum Gasteiger partial charge on any atom is 0.349 e. The predicted octanol–water partition coefficient (Wildman–Crippen LogP) is 2.85. The molecular formula is C16H14F2N4O3S. The molecule has 2 aromatic rings. The fraction of sp³-hybridized carbons (Fsp3) is 0.312. The molecule has 1 aromatic carbocycles. The fourth-order valence-electron chi connectivity index (χ4n) is 2.44. The number of aromatic nitrogens is 2. The molecule has 0 saturated carbocycles. The van der Waals surface area contributed by atoms with Gasteiger partial charge in [0.25, 0.3) is 5.22 Å². The molecule has 0 saturated heterocycles. The summed E-state index contributed by atoms with van der Waals surface area (Å²) >= 11 is 1.12. The van der Waals surface area contributed by atoms with Crippen molar-refractivity contribution in [2.24, 2.45) is 10.9 Å². The van der Waals surface area contributed by atoms with Crippen LogP contribution >= 0.6 is 11.8 Å². The van der Waals surface area contributed by atoms with Crippen molar-refractivity contribution in [1.29, 1.82) is 0 Å². The highest BCUT2D eigenvalue weighted by molar-refractivity contribution is 7.98. The van der Waals surface area contributed by atoms with Crippen LogP contribution in [0.5, 0.6) is 0 Å². The number of aliphatic imine (C=N–C) groups is 1. The van der Waals surface area contributed by atoms with Crippen molar-refractivity contribution in [3.05, 3.63) is 41.3 Å². The van der Waals surface area contributed by atoms with Gasteiger partial charge in [-0.25, -0.2) is 18.6 Å². The minimum atomic E-state index is -0.656. The van der Waals surface area contributed by atoms with Gasteiger partial charge < -0.3 is 4.42 Å². The van der Waals surface area contributed by atoms with E-state index in [1.54, 1.807) is 6.92 Å². The van der Waals surface area contributed by atoms with Gasteiger partial charge in [-0.1, -0.05) is 11.8 Å². The minimum absolute atomic E-state index is 0.119. The van der Waals surface area contributed by atoms with Crippen molar-refractivity contribution < 1.29 is 22.8 Å². The third-order valence-electron chi connectivity index (χ3n) is 3.80. The standard InChI is InChI=1S/C16H14F2N4O3S/c1-8-12(14(23)22(2)15(24)19-8)6-13-20-21-16(25-13)26-7-9-3-10(17)5-11(18)4-9/h3-5,12H,6-7H2,1-2H3. The van der Waals surface area contributed by atoms with E-state index in [1.807, 2.05) is 0 Å². The molecule has 136 valence electrons. The number of carbonyl (C=O) groups excluding carboxylic acids is 2. The molecule has 3 amide bonds. The van der Waals surface area contributed by atoms with Crippen LogP contribution < -0.4 is 0 Å². The lowest BCUT2D eigenvalue weighted by Gasteiger charge is -2.24. The van der Waals surface area contributed by atoms with Gasteiger partial charge in [0.1, 0.15) is 11.6 Å². The Balaban J connectivity index is 1.65. The number of carbonyl (C=O) groups is 2. The van der Waals surface area contributed by atoms with Gasteiger partial charge in [0.2, 0.25) is 11.8 Å². The molecule has 1 atom stereocenters. The summed E-state index contributed by atoms with van der Waals surface area (Å²) in [6.45, 7) is 1.60. The number of benzene rings is 1. The first kappa shape index (κ1) is 18.2. The molecule has 1 aliphatic rings. The molecular weight excluding hydrogens is 366 g/mol. The highest BCUT2D eigenvalue weighted by Crippen LogP contribution is 2.24. The first-order valence-corrected chi connectivity index (χ1v) is 8.59. The molecule has 10 heteroatoms. The lowest BCUT2D eigenvalue weighted by Crippen LogP contribution is -2.44. The van der Waals surface area contributed by atoms with E-state index in [1.165, 1.54) is 19.2 Å². The van der Waals surface area contributed by atoms with E-state index < -0.39 is 23.6 Å². The van der Waals surface area contributed by atoms with Gasteiger partial charge in [-0.05, 0) is 24.6 Å². The average molecular weight is 380 g/mol. The Bertz CT molecular complexity index is 879. The molecule has 1 aromatic heterocycles. The lowest BCUT2D eigenvalue weighted by molar-refractivity contribution is -0.129. The first-order valence-electron chi connectivity index (χ1n) is 7.60. The highest BCUT2D eigenvalue weighted by Gasteiger charge is 2.34. The van der Waals surface area contributed by atoms with Crippen LogP contribution in [0.3, 0.4) is 0 Å². The number of hydrogen-bond donors (Lipinski definition) is 0. The van der Waals surface area contributed by atoms with Gasteiger partial charge in [-0.3, -0.25) is 9.69 Å². The third-order valence-corrected chi connectivity index (χ3v) is 4.69. The Labute approximate surface area is 151 Å². The van der Waals surface area contributed by atoms with Crippen molar-refractivity contribution in [2.45, 2.75) is 24.3 Å². The van der Waals surface area contributed by atoms with Crippen LogP contribution in [0.1, 0.15) is 18.4 Å². The third kappa shape index (κ3) is 3.96. The molecule has 2 heterocycles. The zero-order valence-electron chi connectivity index (χ0n) is 13.9. The second-order valence-electron chi connectivity index (χ2n) is 5.72. The normalized spacial score (nSPS) is 17.6. The summed E-state index contributed by atoms with van der Waals surface area (Å²) in [6, 6.07) is 2.64. The van der Waals surface area contributed by atoms with Crippen LogP contribution in [0.25, 0.3) is 0 Å². The number of imide groups is 1. The van der Waals surface area contributed by atoms with Gasteiger partial charge in [0.05, 0.1) is 5.92 Å². The molecule has 0 fully saturated rings. The maximum atomic E-state index is 13.2. The second kappa shape index (κ2) is 7.32. The quantitative estimate of drug-likeness (QED) is 0.741. The van der Waals surface area contributed by atoms with Crippen molar-refractivity contribution in [3.63, 3.8) is 0 Å². The van der Waals surface area contributed by atoms with E-state index in [0.717, 1.165) is 22.7 Å². The number of hydrogen-bond acceptors (Lipinski definition) is 6. The summed E-state index contributed by atoms with van der Waals surface area (Å²) in [5.41, 5.74) is 0.832. The van der Waals surface area contributed by atoms with E-state index in [2.05, 4.69) is 15.2 Å². The highest BCUT2D eigenvalue weighted by atomic mass is 32.2. The number of rotatable bonds is 5. The number of nitrogens with zero attached hydrogens (tertiary/aromatic N) is 4. The average Bonchev–Trinajstić information content (AvgIpc) is 3.02. The van der Waals surface area contributed by atoms with Crippen LogP contribution in [0, 0.1) is 17.6 Å². The molecule has 0 spiro atoms. The SMILES string of the molecule is CC1=NC(=O)N(C)C(=O)C1Cc1nnc(SCc2cc(F)cc(F)c2)o1. The van der Waals surface area contributed by atoms with Crippen LogP contribution in [-0.2, 0) is 17.0 Å². The Kier molecular flexibility index (Phi) is 5.12. The first-order chi connectivity index (χ1) is 12.3. The minimum Gasteiger partial charge on any atom is -0.416 e. The number of halogens is 2. The van der Waals surface area contributed by atoms with Crippen LogP contribution in [-0.4, -0.2) is 39.8 Å². The van der Waals surface area contributed by atoms with Gasteiger partial charge in [-0.15, -0.1) is 10.2 Å². The van der Waals surface area contributed by atoms with E-state index in [0.29, 0.717) is 11.3 Å². The van der Waals surface area contributed by atoms with E-state index in [4.69, 9.17) is 4.42 Å². The van der Waals surface area contributed by atoms with Gasteiger partial charge in [0, 0.05) is 31.0 Å². The van der Waals surface area contributed by atoms with Crippen molar-refractivity contribution in [1.82, 2.24) is 15.1 Å². The second-order valence-corrected chi connectivity index (χ2v) is 6.64. The Morgan fingerprint density at radius 2 is 1.88 bits per heavy atom. The summed E-state index contributed by atoms with van der Waals surface area (Å²) in [4.78, 5) is 28.4. The molecule has 0 N–H and O–H groups in total. The Hall–Kier alpha value is -2.62. The monoisotopic (exact) mass is 380 g/mol. The Morgan fingerprint density at radius 3 is 2.58 bits per heavy atom. The topological polar surface area (TPSA) is 88.7 Å². The van der Waals surface area contributed by atoms with Crippen molar-refractivity contribution >= 4 is 29.4 Å². The fourth-order valence-corrected chi connectivity index (χ4v) is 3.15. The van der Waals surface area contributed by atoms with Gasteiger partial charge in [0.15, 0.2) is 0 Å². The smallest absolute Gasteiger partial charge is 0.349 e. The van der Waals surface area contributed by atoms with Crippen LogP contribution in [0.15, 0.2) is 32.8 Å². The van der Waals surface area contributed by atoms with Crippen molar-refractivity contribution in [3.8, 4) is 0 Å². The number of thioether (sulfide) groups is 1. The van der Waals surface area contributed by atoms with Crippen LogP contribution in [0.4, 0.5) is 13.6 Å². The van der Waals surface area contributed by atoms with Crippen molar-refractivity contribution in [2.75, 3.05) is 7.05 Å². The molecule has 1 aliphatic heterocycles. The zero-order valence-corrected chi connectivity index (χ0v) is 14.7. The van der Waals surface area contributed by atoms with Gasteiger partial charge >= 0.3 is 6.03 Å². The van der Waals surface area contributed by atoms with Gasteiger partial charge in [-0.2, -0.15) is 0 Å². The lowest BCUT2D eigenvalue weighted by atomic mass is 9.97. The molecule has 1 unspecified atom stereocenters. The molecule has 3 rings (SSSR count). The molecule has 0 bridgehead atoms. The number of amides is 3. The van der Waals surface area contributed by atoms with E-state index in [-0.39, 0.29) is 29.2 Å². The summed E-state index contributed by atoms with van der Waals surface area (Å²) in [6.07, 6.45) is 0.119. The maximum absolute atomic E-state index is 13.2. The molecule has 26 heavy (non-hydrogen) atoms. The molecule has 0 radical (unpaired) electrons. The molecule has 0 aliphatic carbocycles. The van der Waals surface area contributed by atoms with Crippen LogP contribution in [0.2, 0.25) is 0 Å². The Morgan fingerprint density at radius 1 is 1.19 bits per heavy atom. The summed E-state index contributed by atoms with van der Waals surface area (Å²) in [5.74, 6) is -1.88. The summed E-state index contributed by atoms with van der Waals surface area (Å²) in [5, 5.41) is 7.94. The predicted molar refractivity (Wildman–Crippen MR) is 88.7 cm³/mol. The summed E-state index contributed by atoms with van der Waals surface area (Å²) in [7, 11) is 1.36. The van der Waals surface area contributed by atoms with E-state index in [9.17, 15) is 18.4 Å². The van der Waals surface area contributed by atoms with E-state index >= 15 is 0 Å². The zero-order chi connectivity index (χ0) is 18.8. The largest absolute Gasteiger partial charge is 0.416 e.